The Kier molecular flexibility index (Phi) is 3.35. The Morgan fingerprint density at radius 2 is 1.86 bits per heavy atom. The van der Waals surface area contributed by atoms with Crippen molar-refractivity contribution in [2.75, 3.05) is 36.8 Å². The second kappa shape index (κ2) is 5.31. The fourth-order valence-electron chi connectivity index (χ4n) is 2.35. The van der Waals surface area contributed by atoms with Gasteiger partial charge in [-0.15, -0.1) is 5.10 Å². The minimum absolute atomic E-state index is 0.0704. The molecule has 0 spiro atoms. The van der Waals surface area contributed by atoms with Gasteiger partial charge in [-0.05, 0) is 24.3 Å². The number of aromatic amines is 1. The Balaban J connectivity index is 1.62. The Labute approximate surface area is 121 Å². The molecular weight excluding hydrogens is 272 g/mol. The number of nitrogen functional groups attached to an aromatic ring is 1. The standard InChI is InChI=1S/C13H16N6O2/c14-13-15-11(16-17-13)12(21)19-7-5-18(6-8-19)9-1-3-10(20)4-2-9/h1-4,20H,5-8H2,(H3,14,15,16,17). The molecule has 1 aliphatic heterocycles. The van der Waals surface area contributed by atoms with Gasteiger partial charge in [-0.25, -0.2) is 0 Å². The van der Waals surface area contributed by atoms with Gasteiger partial charge in [-0.1, -0.05) is 0 Å². The van der Waals surface area contributed by atoms with Crippen LogP contribution in [0, 0.1) is 0 Å². The molecule has 1 aromatic carbocycles. The predicted octanol–water partition coefficient (Wildman–Crippen LogP) is 0.0549. The summed E-state index contributed by atoms with van der Waals surface area (Å²) in [6.45, 7) is 2.64. The van der Waals surface area contributed by atoms with E-state index < -0.39 is 0 Å². The Morgan fingerprint density at radius 1 is 1.19 bits per heavy atom. The van der Waals surface area contributed by atoms with Crippen molar-refractivity contribution in [3.8, 4) is 5.75 Å². The van der Waals surface area contributed by atoms with Crippen molar-refractivity contribution in [1.29, 1.82) is 0 Å². The molecule has 1 amide bonds. The summed E-state index contributed by atoms with van der Waals surface area (Å²) in [4.78, 5) is 19.9. The summed E-state index contributed by atoms with van der Waals surface area (Å²) < 4.78 is 0. The molecule has 3 rings (SSSR count). The van der Waals surface area contributed by atoms with Gasteiger partial charge in [0.25, 0.3) is 5.91 Å². The Morgan fingerprint density at radius 3 is 2.43 bits per heavy atom. The molecule has 8 heteroatoms. The quantitative estimate of drug-likeness (QED) is 0.720. The van der Waals surface area contributed by atoms with Gasteiger partial charge < -0.3 is 20.6 Å². The largest absolute Gasteiger partial charge is 0.508 e. The molecule has 1 fully saturated rings. The molecule has 1 aliphatic rings. The molecule has 0 aliphatic carbocycles. The first-order chi connectivity index (χ1) is 10.1. The van der Waals surface area contributed by atoms with Crippen LogP contribution in [-0.2, 0) is 0 Å². The van der Waals surface area contributed by atoms with E-state index >= 15 is 0 Å². The zero-order valence-electron chi connectivity index (χ0n) is 11.4. The van der Waals surface area contributed by atoms with E-state index in [1.165, 1.54) is 0 Å². The molecule has 2 aromatic rings. The third kappa shape index (κ3) is 2.73. The number of nitrogens with one attached hydrogen (secondary N) is 1. The number of carbonyl (C=O) groups excluding carboxylic acids is 1. The highest BCUT2D eigenvalue weighted by Gasteiger charge is 2.24. The number of phenols is 1. The summed E-state index contributed by atoms with van der Waals surface area (Å²) in [7, 11) is 0. The van der Waals surface area contributed by atoms with Crippen molar-refractivity contribution < 1.29 is 9.90 Å². The lowest BCUT2D eigenvalue weighted by atomic mass is 10.2. The Hall–Kier alpha value is -2.77. The highest BCUT2D eigenvalue weighted by Crippen LogP contribution is 2.20. The molecule has 0 bridgehead atoms. The zero-order valence-corrected chi connectivity index (χ0v) is 11.4. The minimum Gasteiger partial charge on any atom is -0.508 e. The normalized spacial score (nSPS) is 15.2. The first-order valence-electron chi connectivity index (χ1n) is 6.64. The van der Waals surface area contributed by atoms with Crippen LogP contribution in [0.2, 0.25) is 0 Å². The lowest BCUT2D eigenvalue weighted by Crippen LogP contribution is -2.49. The third-order valence-electron chi connectivity index (χ3n) is 3.49. The fraction of sp³-hybridized carbons (Fsp3) is 0.308. The van der Waals surface area contributed by atoms with E-state index in [0.717, 1.165) is 18.8 Å². The number of hydrogen-bond donors (Lipinski definition) is 3. The lowest BCUT2D eigenvalue weighted by molar-refractivity contribution is 0.0735. The van der Waals surface area contributed by atoms with Crippen LogP contribution in [-0.4, -0.2) is 57.3 Å². The van der Waals surface area contributed by atoms with E-state index in [0.29, 0.717) is 13.1 Å². The summed E-state index contributed by atoms with van der Waals surface area (Å²) in [6.07, 6.45) is 0. The molecule has 8 nitrogen and oxygen atoms in total. The van der Waals surface area contributed by atoms with Crippen LogP contribution in [0.15, 0.2) is 24.3 Å². The van der Waals surface area contributed by atoms with Crippen LogP contribution < -0.4 is 10.6 Å². The summed E-state index contributed by atoms with van der Waals surface area (Å²) in [5, 5.41) is 15.5. The maximum absolute atomic E-state index is 12.2. The van der Waals surface area contributed by atoms with E-state index in [1.54, 1.807) is 17.0 Å². The molecule has 4 N–H and O–H groups in total. The van der Waals surface area contributed by atoms with Gasteiger partial charge in [-0.2, -0.15) is 4.98 Å². The second-order valence-electron chi connectivity index (χ2n) is 4.84. The molecule has 0 saturated carbocycles. The van der Waals surface area contributed by atoms with Crippen LogP contribution >= 0.6 is 0 Å². The molecule has 0 atom stereocenters. The number of rotatable bonds is 2. The van der Waals surface area contributed by atoms with Crippen LogP contribution in [0.4, 0.5) is 11.6 Å². The molecule has 110 valence electrons. The molecule has 21 heavy (non-hydrogen) atoms. The van der Waals surface area contributed by atoms with E-state index in [9.17, 15) is 9.90 Å². The van der Waals surface area contributed by atoms with Crippen molar-refractivity contribution in [2.24, 2.45) is 0 Å². The van der Waals surface area contributed by atoms with Gasteiger partial charge in [0.15, 0.2) is 0 Å². The molecular formula is C13H16N6O2. The van der Waals surface area contributed by atoms with E-state index in [2.05, 4.69) is 20.1 Å². The average Bonchev–Trinajstić information content (AvgIpc) is 2.94. The SMILES string of the molecule is Nc1n[nH]c(C(=O)N2CCN(c3ccc(O)cc3)CC2)n1. The minimum atomic E-state index is -0.190. The molecule has 1 aromatic heterocycles. The number of nitrogens with zero attached hydrogens (tertiary/aromatic N) is 4. The number of piperazine rings is 1. The first kappa shape index (κ1) is 13.2. The summed E-state index contributed by atoms with van der Waals surface area (Å²) in [5.74, 6) is 0.298. The molecule has 1 saturated heterocycles. The smallest absolute Gasteiger partial charge is 0.291 e. The topological polar surface area (TPSA) is 111 Å². The van der Waals surface area contributed by atoms with Crippen LogP contribution in [0.5, 0.6) is 5.75 Å². The molecule has 0 unspecified atom stereocenters. The number of carbonyl (C=O) groups is 1. The number of anilines is 2. The predicted molar refractivity (Wildman–Crippen MR) is 77.0 cm³/mol. The Bertz CT molecular complexity index is 630. The van der Waals surface area contributed by atoms with Gasteiger partial charge in [-0.3, -0.25) is 9.89 Å². The number of hydrogen-bond acceptors (Lipinski definition) is 6. The van der Waals surface area contributed by atoms with Gasteiger partial charge >= 0.3 is 0 Å². The second-order valence-corrected chi connectivity index (χ2v) is 4.84. The number of aromatic hydroxyl groups is 1. The fourth-order valence-corrected chi connectivity index (χ4v) is 2.35. The highest BCUT2D eigenvalue weighted by atomic mass is 16.3. The first-order valence-corrected chi connectivity index (χ1v) is 6.64. The number of benzene rings is 1. The maximum atomic E-state index is 12.2. The summed E-state index contributed by atoms with van der Waals surface area (Å²) >= 11 is 0. The maximum Gasteiger partial charge on any atom is 0.291 e. The van der Waals surface area contributed by atoms with E-state index in [4.69, 9.17) is 5.73 Å². The van der Waals surface area contributed by atoms with E-state index in [1.807, 2.05) is 12.1 Å². The van der Waals surface area contributed by atoms with Crippen LogP contribution in [0.1, 0.15) is 10.6 Å². The number of H-pyrrole nitrogens is 1. The monoisotopic (exact) mass is 288 g/mol. The van der Waals surface area contributed by atoms with Crippen molar-refractivity contribution in [2.45, 2.75) is 0 Å². The highest BCUT2D eigenvalue weighted by molar-refractivity contribution is 5.90. The average molecular weight is 288 g/mol. The molecule has 0 radical (unpaired) electrons. The van der Waals surface area contributed by atoms with Crippen molar-refractivity contribution in [3.63, 3.8) is 0 Å². The van der Waals surface area contributed by atoms with Crippen molar-refractivity contribution in [1.82, 2.24) is 20.1 Å². The number of aromatic nitrogens is 3. The van der Waals surface area contributed by atoms with Crippen molar-refractivity contribution in [3.05, 3.63) is 30.1 Å². The number of phenolic OH excluding ortho intramolecular Hbond substituents is 1. The summed E-state index contributed by atoms with van der Waals surface area (Å²) in [6, 6.07) is 7.04. The van der Waals surface area contributed by atoms with Gasteiger partial charge in [0, 0.05) is 31.9 Å². The van der Waals surface area contributed by atoms with Gasteiger partial charge in [0.2, 0.25) is 11.8 Å². The lowest BCUT2D eigenvalue weighted by Gasteiger charge is -2.35. The third-order valence-corrected chi connectivity index (χ3v) is 3.49. The van der Waals surface area contributed by atoms with Gasteiger partial charge in [0.1, 0.15) is 5.75 Å². The number of amides is 1. The van der Waals surface area contributed by atoms with Gasteiger partial charge in [0.05, 0.1) is 0 Å². The summed E-state index contributed by atoms with van der Waals surface area (Å²) in [5.41, 5.74) is 6.43. The number of nitrogens with two attached hydrogens (primary N) is 1. The van der Waals surface area contributed by atoms with Crippen molar-refractivity contribution >= 4 is 17.5 Å². The molecule has 2 heterocycles. The van der Waals surface area contributed by atoms with E-state index in [-0.39, 0.29) is 23.4 Å². The zero-order chi connectivity index (χ0) is 14.8. The van der Waals surface area contributed by atoms with Crippen LogP contribution in [0.25, 0.3) is 0 Å². The van der Waals surface area contributed by atoms with Crippen LogP contribution in [0.3, 0.4) is 0 Å².